The van der Waals surface area contributed by atoms with Crippen molar-refractivity contribution >= 4 is 17.5 Å². The van der Waals surface area contributed by atoms with E-state index in [0.717, 1.165) is 16.8 Å². The number of piperazine rings is 1. The lowest BCUT2D eigenvalue weighted by atomic mass is 10.0. The number of rotatable bonds is 3. The molecule has 6 heteroatoms. The smallest absolute Gasteiger partial charge is 0.275 e. The number of hydrogen-bond acceptors (Lipinski definition) is 3. The summed E-state index contributed by atoms with van der Waals surface area (Å²) in [5, 5.41) is 4.18. The van der Waals surface area contributed by atoms with Gasteiger partial charge in [0.2, 0.25) is 5.91 Å². The van der Waals surface area contributed by atoms with Gasteiger partial charge < -0.3 is 9.80 Å². The van der Waals surface area contributed by atoms with Gasteiger partial charge >= 0.3 is 0 Å². The van der Waals surface area contributed by atoms with Crippen LogP contribution in [0.15, 0.2) is 66.9 Å². The fourth-order valence-electron chi connectivity index (χ4n) is 3.60. The molecule has 0 aliphatic carbocycles. The summed E-state index contributed by atoms with van der Waals surface area (Å²) in [5.74, 6) is -0.303. The third-order valence-electron chi connectivity index (χ3n) is 5.06. The van der Waals surface area contributed by atoms with Crippen LogP contribution < -0.4 is 4.90 Å². The summed E-state index contributed by atoms with van der Waals surface area (Å²) in [6, 6.07) is 19.5. The van der Waals surface area contributed by atoms with Crippen molar-refractivity contribution in [1.29, 1.82) is 0 Å². The molecule has 6 nitrogen and oxygen atoms in total. The van der Waals surface area contributed by atoms with Gasteiger partial charge in [-0.2, -0.15) is 5.10 Å². The van der Waals surface area contributed by atoms with E-state index in [2.05, 4.69) is 5.10 Å². The van der Waals surface area contributed by atoms with Crippen LogP contribution in [0.4, 0.5) is 5.69 Å². The second kappa shape index (κ2) is 7.31. The minimum absolute atomic E-state index is 0.0414. The van der Waals surface area contributed by atoms with Crippen LogP contribution in [0.5, 0.6) is 0 Å². The monoisotopic (exact) mass is 374 g/mol. The molecule has 1 aliphatic heterocycles. The molecule has 1 aromatic heterocycles. The van der Waals surface area contributed by atoms with E-state index in [0.29, 0.717) is 12.2 Å². The van der Waals surface area contributed by atoms with Crippen LogP contribution >= 0.6 is 0 Å². The number of amides is 2. The second-order valence-corrected chi connectivity index (χ2v) is 7.04. The van der Waals surface area contributed by atoms with Gasteiger partial charge in [-0.3, -0.25) is 14.3 Å². The molecule has 0 bridgehead atoms. The van der Waals surface area contributed by atoms with E-state index in [1.165, 1.54) is 0 Å². The number of anilines is 1. The Balaban J connectivity index is 1.61. The Morgan fingerprint density at radius 2 is 1.75 bits per heavy atom. The predicted octanol–water partition coefficient (Wildman–Crippen LogP) is 2.96. The normalized spacial score (nSPS) is 17.1. The molecular weight excluding hydrogens is 352 g/mol. The highest BCUT2D eigenvalue weighted by Gasteiger charge is 2.35. The summed E-state index contributed by atoms with van der Waals surface area (Å²) in [6.45, 7) is 2.45. The van der Waals surface area contributed by atoms with Crippen molar-refractivity contribution in [3.05, 3.63) is 72.6 Å². The number of hydrogen-bond donors (Lipinski definition) is 0. The lowest BCUT2D eigenvalue weighted by Gasteiger charge is -2.39. The SMILES string of the molecule is C[C@H]1CN(c2ccccc2-c2ccccc2)C(=O)CN1C(=O)c1ccn(C)n1. The van der Waals surface area contributed by atoms with Crippen molar-refractivity contribution in [2.75, 3.05) is 18.0 Å². The molecule has 2 aromatic carbocycles. The average Bonchev–Trinajstić information content (AvgIpc) is 3.16. The molecule has 0 saturated carbocycles. The summed E-state index contributed by atoms with van der Waals surface area (Å²) >= 11 is 0. The molecule has 1 atom stereocenters. The van der Waals surface area contributed by atoms with Crippen LogP contribution in [-0.4, -0.2) is 45.6 Å². The summed E-state index contributed by atoms with van der Waals surface area (Å²) in [6.07, 6.45) is 1.73. The second-order valence-electron chi connectivity index (χ2n) is 7.04. The Kier molecular flexibility index (Phi) is 4.69. The van der Waals surface area contributed by atoms with Crippen molar-refractivity contribution in [2.45, 2.75) is 13.0 Å². The number of carbonyl (C=O) groups is 2. The van der Waals surface area contributed by atoms with E-state index >= 15 is 0 Å². The number of aryl methyl sites for hydroxylation is 1. The van der Waals surface area contributed by atoms with Gasteiger partial charge in [0.15, 0.2) is 0 Å². The van der Waals surface area contributed by atoms with Gasteiger partial charge in [-0.25, -0.2) is 0 Å². The lowest BCUT2D eigenvalue weighted by Crippen LogP contribution is -2.57. The highest BCUT2D eigenvalue weighted by molar-refractivity contribution is 6.03. The molecule has 1 aliphatic rings. The van der Waals surface area contributed by atoms with Crippen LogP contribution in [0, 0.1) is 0 Å². The number of para-hydroxylation sites is 1. The molecule has 0 N–H and O–H groups in total. The molecule has 2 heterocycles. The van der Waals surface area contributed by atoms with Crippen molar-refractivity contribution < 1.29 is 9.59 Å². The Morgan fingerprint density at radius 1 is 1.04 bits per heavy atom. The third kappa shape index (κ3) is 3.29. The maximum Gasteiger partial charge on any atom is 0.275 e. The molecule has 3 aromatic rings. The van der Waals surface area contributed by atoms with Gasteiger partial charge in [0.1, 0.15) is 12.2 Å². The van der Waals surface area contributed by atoms with Crippen LogP contribution in [0.25, 0.3) is 11.1 Å². The predicted molar refractivity (Wildman–Crippen MR) is 108 cm³/mol. The molecule has 0 unspecified atom stereocenters. The van der Waals surface area contributed by atoms with Gasteiger partial charge in [0.05, 0.1) is 5.69 Å². The zero-order valence-electron chi connectivity index (χ0n) is 15.9. The molecule has 2 amide bonds. The van der Waals surface area contributed by atoms with E-state index in [4.69, 9.17) is 0 Å². The Bertz CT molecular complexity index is 1010. The Hall–Kier alpha value is -3.41. The van der Waals surface area contributed by atoms with Gasteiger partial charge in [-0.15, -0.1) is 0 Å². The molecule has 142 valence electrons. The molecular formula is C22H22N4O2. The van der Waals surface area contributed by atoms with E-state index in [-0.39, 0.29) is 24.4 Å². The van der Waals surface area contributed by atoms with Crippen molar-refractivity contribution in [1.82, 2.24) is 14.7 Å². The van der Waals surface area contributed by atoms with Crippen LogP contribution in [0.1, 0.15) is 17.4 Å². The van der Waals surface area contributed by atoms with Crippen molar-refractivity contribution in [2.24, 2.45) is 7.05 Å². The molecule has 28 heavy (non-hydrogen) atoms. The average molecular weight is 374 g/mol. The largest absolute Gasteiger partial charge is 0.323 e. The molecule has 1 fully saturated rings. The minimum Gasteiger partial charge on any atom is -0.323 e. The van der Waals surface area contributed by atoms with Gasteiger partial charge in [0, 0.05) is 31.4 Å². The minimum atomic E-state index is -0.211. The Labute approximate surface area is 164 Å². The summed E-state index contributed by atoms with van der Waals surface area (Å²) in [7, 11) is 1.77. The maximum absolute atomic E-state index is 13.0. The third-order valence-corrected chi connectivity index (χ3v) is 5.06. The zero-order valence-corrected chi connectivity index (χ0v) is 15.9. The highest BCUT2D eigenvalue weighted by atomic mass is 16.2. The topological polar surface area (TPSA) is 58.4 Å². The van der Waals surface area contributed by atoms with Crippen molar-refractivity contribution in [3.63, 3.8) is 0 Å². The van der Waals surface area contributed by atoms with Gasteiger partial charge in [-0.1, -0.05) is 48.5 Å². The first-order valence-corrected chi connectivity index (χ1v) is 9.30. The number of benzene rings is 2. The lowest BCUT2D eigenvalue weighted by molar-refractivity contribution is -0.121. The first-order chi connectivity index (χ1) is 13.5. The first-order valence-electron chi connectivity index (χ1n) is 9.30. The number of aromatic nitrogens is 2. The summed E-state index contributed by atoms with van der Waals surface area (Å²) in [4.78, 5) is 29.2. The van der Waals surface area contributed by atoms with E-state index < -0.39 is 0 Å². The summed E-state index contributed by atoms with van der Waals surface area (Å²) in [5.41, 5.74) is 3.30. The fourth-order valence-corrected chi connectivity index (χ4v) is 3.60. The quantitative estimate of drug-likeness (QED) is 0.708. The van der Waals surface area contributed by atoms with E-state index in [9.17, 15) is 9.59 Å². The summed E-state index contributed by atoms with van der Waals surface area (Å²) < 4.78 is 1.59. The fraction of sp³-hybridized carbons (Fsp3) is 0.227. The van der Waals surface area contributed by atoms with Crippen LogP contribution in [0.2, 0.25) is 0 Å². The number of carbonyl (C=O) groups excluding carboxylic acids is 2. The maximum atomic E-state index is 13.0. The Morgan fingerprint density at radius 3 is 2.46 bits per heavy atom. The highest BCUT2D eigenvalue weighted by Crippen LogP contribution is 2.32. The van der Waals surface area contributed by atoms with Crippen molar-refractivity contribution in [3.8, 4) is 11.1 Å². The molecule has 0 spiro atoms. The molecule has 1 saturated heterocycles. The standard InChI is InChI=1S/C22H22N4O2/c1-16-14-26(20-11-7-6-10-18(20)17-8-4-3-5-9-17)21(27)15-25(16)22(28)19-12-13-24(2)23-19/h3-13,16H,14-15H2,1-2H3/t16-/m0/s1. The number of nitrogens with zero attached hydrogens (tertiary/aromatic N) is 4. The van der Waals surface area contributed by atoms with E-state index in [1.807, 2.05) is 61.5 Å². The molecule has 4 rings (SSSR count). The zero-order chi connectivity index (χ0) is 19.7. The van der Waals surface area contributed by atoms with Crippen LogP contribution in [0.3, 0.4) is 0 Å². The van der Waals surface area contributed by atoms with E-state index in [1.54, 1.807) is 33.8 Å². The molecule has 0 radical (unpaired) electrons. The first kappa shape index (κ1) is 18.0. The van der Waals surface area contributed by atoms with Crippen LogP contribution in [-0.2, 0) is 11.8 Å². The van der Waals surface area contributed by atoms with Gasteiger partial charge in [-0.05, 0) is 24.6 Å². The van der Waals surface area contributed by atoms with Gasteiger partial charge in [0.25, 0.3) is 5.91 Å².